The minimum atomic E-state index is -1.47. The molecule has 2 atom stereocenters. The van der Waals surface area contributed by atoms with Crippen LogP contribution in [0.2, 0.25) is 0 Å². The highest BCUT2D eigenvalue weighted by atomic mass is 19.1. The van der Waals surface area contributed by atoms with Crippen molar-refractivity contribution in [2.75, 3.05) is 6.67 Å². The summed E-state index contributed by atoms with van der Waals surface area (Å²) in [4.78, 5) is 45.2. The molecule has 1 aliphatic heterocycles. The van der Waals surface area contributed by atoms with Gasteiger partial charge < -0.3 is 15.3 Å². The predicted molar refractivity (Wildman–Crippen MR) is 102 cm³/mol. The number of alkyl halides is 1. The summed E-state index contributed by atoms with van der Waals surface area (Å²) in [5.41, 5.74) is 0.603. The average molecular weight is 401 g/mol. The molecule has 1 aromatic heterocycles. The second kappa shape index (κ2) is 8.34. The van der Waals surface area contributed by atoms with Gasteiger partial charge in [-0.15, -0.1) is 0 Å². The number of carbonyl (C=O) groups excluding carboxylic acids is 2. The molecule has 0 radical (unpaired) electrons. The minimum absolute atomic E-state index is 0.110. The number of oxime groups is 1. The molecule has 152 valence electrons. The Kier molecular flexibility index (Phi) is 5.86. The summed E-state index contributed by atoms with van der Waals surface area (Å²) in [6, 6.07) is 7.96. The van der Waals surface area contributed by atoms with Gasteiger partial charge in [0.25, 0.3) is 5.91 Å². The van der Waals surface area contributed by atoms with Crippen molar-refractivity contribution in [2.45, 2.75) is 37.8 Å². The van der Waals surface area contributed by atoms with Crippen LogP contribution in [0.5, 0.6) is 0 Å². The highest BCUT2D eigenvalue weighted by molar-refractivity contribution is 6.07. The van der Waals surface area contributed by atoms with E-state index in [0.29, 0.717) is 11.3 Å². The zero-order chi connectivity index (χ0) is 21.0. The van der Waals surface area contributed by atoms with Crippen LogP contribution < -0.4 is 5.32 Å². The second-order valence-corrected chi connectivity index (χ2v) is 6.79. The topological polar surface area (TPSA) is 118 Å². The minimum Gasteiger partial charge on any atom is -0.481 e. The van der Waals surface area contributed by atoms with Crippen molar-refractivity contribution in [1.29, 1.82) is 0 Å². The van der Waals surface area contributed by atoms with Crippen molar-refractivity contribution in [3.05, 3.63) is 42.1 Å². The molecule has 2 aromatic rings. The number of hydrogen-bond acceptors (Lipinski definition) is 6. The summed E-state index contributed by atoms with van der Waals surface area (Å²) in [5, 5.41) is 16.2. The molecule has 0 fully saturated rings. The molecule has 1 aliphatic rings. The largest absolute Gasteiger partial charge is 0.481 e. The highest BCUT2D eigenvalue weighted by Crippen LogP contribution is 2.31. The Labute approximate surface area is 165 Å². The number of carbonyl (C=O) groups is 3. The first-order valence-corrected chi connectivity index (χ1v) is 9.10. The lowest BCUT2D eigenvalue weighted by Gasteiger charge is -2.26. The number of nitrogens with zero attached hydrogens (tertiary/aromatic N) is 2. The molecule has 1 unspecified atom stereocenters. The van der Waals surface area contributed by atoms with Crippen molar-refractivity contribution < 1.29 is 28.7 Å². The van der Waals surface area contributed by atoms with Gasteiger partial charge in [-0.25, -0.2) is 4.39 Å². The number of benzene rings is 1. The van der Waals surface area contributed by atoms with Crippen LogP contribution in [0.3, 0.4) is 0 Å². The van der Waals surface area contributed by atoms with E-state index in [0.717, 1.165) is 10.9 Å². The number of pyridine rings is 1. The van der Waals surface area contributed by atoms with Gasteiger partial charge in [0.05, 0.1) is 17.6 Å². The lowest BCUT2D eigenvalue weighted by atomic mass is 9.90. The quantitative estimate of drug-likeness (QED) is 0.699. The van der Waals surface area contributed by atoms with Crippen LogP contribution in [0.25, 0.3) is 10.9 Å². The third-order valence-corrected chi connectivity index (χ3v) is 4.90. The molecule has 0 saturated carbocycles. The summed E-state index contributed by atoms with van der Waals surface area (Å²) in [6.07, 6.45) is 1.25. The molecule has 0 saturated heterocycles. The number of Topliss-reactive ketones (excluding diaryl/α,β-unsaturated/α-hetero) is 1. The number of ketones is 1. The molecule has 0 spiro atoms. The van der Waals surface area contributed by atoms with Crippen LogP contribution in [0.1, 0.15) is 31.7 Å². The number of carboxylic acid groups (broad SMARTS) is 1. The van der Waals surface area contributed by atoms with E-state index < -0.39 is 42.4 Å². The molecule has 1 amide bonds. The summed E-state index contributed by atoms with van der Waals surface area (Å²) < 4.78 is 12.7. The summed E-state index contributed by atoms with van der Waals surface area (Å²) >= 11 is 0. The molecule has 9 heteroatoms. The van der Waals surface area contributed by atoms with E-state index >= 15 is 0 Å². The Morgan fingerprint density at radius 2 is 2.10 bits per heavy atom. The first kappa shape index (κ1) is 20.4. The van der Waals surface area contributed by atoms with E-state index in [2.05, 4.69) is 15.5 Å². The van der Waals surface area contributed by atoms with Gasteiger partial charge in [0, 0.05) is 23.6 Å². The van der Waals surface area contributed by atoms with E-state index in [1.165, 1.54) is 0 Å². The maximum atomic E-state index is 12.8. The second-order valence-electron chi connectivity index (χ2n) is 6.79. The monoisotopic (exact) mass is 401 g/mol. The number of aromatic nitrogens is 1. The van der Waals surface area contributed by atoms with Crippen molar-refractivity contribution in [1.82, 2.24) is 10.3 Å². The van der Waals surface area contributed by atoms with Crippen molar-refractivity contribution >= 4 is 34.3 Å². The molecule has 0 bridgehead atoms. The van der Waals surface area contributed by atoms with E-state index in [-0.39, 0.29) is 12.8 Å². The van der Waals surface area contributed by atoms with Crippen LogP contribution in [0.15, 0.2) is 41.7 Å². The fraction of sp³-hybridized carbons (Fsp3) is 0.350. The number of hydrogen-bond donors (Lipinski definition) is 2. The van der Waals surface area contributed by atoms with Gasteiger partial charge in [0.2, 0.25) is 5.60 Å². The van der Waals surface area contributed by atoms with E-state index in [1.807, 2.05) is 30.3 Å². The van der Waals surface area contributed by atoms with Gasteiger partial charge in [0.15, 0.2) is 5.78 Å². The molecule has 2 heterocycles. The Morgan fingerprint density at radius 3 is 2.79 bits per heavy atom. The third kappa shape index (κ3) is 4.23. The van der Waals surface area contributed by atoms with Gasteiger partial charge in [0.1, 0.15) is 12.7 Å². The lowest BCUT2D eigenvalue weighted by molar-refractivity contribution is -0.148. The van der Waals surface area contributed by atoms with Crippen LogP contribution >= 0.6 is 0 Å². The summed E-state index contributed by atoms with van der Waals surface area (Å²) in [5.74, 6) is -3.04. The number of fused-ring (bicyclic) bond motifs is 1. The summed E-state index contributed by atoms with van der Waals surface area (Å²) in [6.45, 7) is 0.336. The normalized spacial score (nSPS) is 19.3. The predicted octanol–water partition coefficient (Wildman–Crippen LogP) is 2.01. The number of amides is 1. The first-order chi connectivity index (χ1) is 13.9. The smallest absolute Gasteiger partial charge is 0.305 e. The van der Waals surface area contributed by atoms with Crippen LogP contribution in [0, 0.1) is 0 Å². The van der Waals surface area contributed by atoms with Crippen LogP contribution in [0.4, 0.5) is 4.39 Å². The highest BCUT2D eigenvalue weighted by Gasteiger charge is 2.46. The number of rotatable bonds is 8. The van der Waals surface area contributed by atoms with E-state index in [1.54, 1.807) is 13.1 Å². The zero-order valence-corrected chi connectivity index (χ0v) is 15.7. The van der Waals surface area contributed by atoms with Crippen LogP contribution in [-0.4, -0.2) is 51.8 Å². The molecule has 3 rings (SSSR count). The molecule has 8 nitrogen and oxygen atoms in total. The van der Waals surface area contributed by atoms with Crippen LogP contribution in [-0.2, 0) is 19.2 Å². The fourth-order valence-electron chi connectivity index (χ4n) is 3.14. The average Bonchev–Trinajstić information content (AvgIpc) is 3.18. The van der Waals surface area contributed by atoms with E-state index in [4.69, 9.17) is 9.94 Å². The molecule has 29 heavy (non-hydrogen) atoms. The van der Waals surface area contributed by atoms with Gasteiger partial charge >= 0.3 is 5.97 Å². The SMILES string of the molecule is CCC1(C(=O)N[C@@H](CC(=O)O)C(=O)CF)CC(c2cnc3ccccc3c2)=NO1. The molecular weight excluding hydrogens is 381 g/mol. The number of para-hydroxylation sites is 1. The maximum absolute atomic E-state index is 12.8. The summed E-state index contributed by atoms with van der Waals surface area (Å²) in [7, 11) is 0. The third-order valence-electron chi connectivity index (χ3n) is 4.90. The Bertz CT molecular complexity index is 993. The van der Waals surface area contributed by atoms with E-state index in [9.17, 15) is 18.8 Å². The van der Waals surface area contributed by atoms with Crippen molar-refractivity contribution in [2.24, 2.45) is 5.16 Å². The Morgan fingerprint density at radius 1 is 1.34 bits per heavy atom. The first-order valence-electron chi connectivity index (χ1n) is 9.10. The van der Waals surface area contributed by atoms with Gasteiger partial charge in [-0.1, -0.05) is 30.3 Å². The fourth-order valence-corrected chi connectivity index (χ4v) is 3.14. The zero-order valence-electron chi connectivity index (χ0n) is 15.7. The van der Waals surface area contributed by atoms with Gasteiger partial charge in [-0.2, -0.15) is 0 Å². The van der Waals surface area contributed by atoms with Gasteiger partial charge in [-0.3, -0.25) is 19.4 Å². The number of aliphatic carboxylic acids is 1. The molecular formula is C20H20FN3O5. The lowest BCUT2D eigenvalue weighted by Crippen LogP contribution is -2.53. The Balaban J connectivity index is 1.79. The number of nitrogens with one attached hydrogen (secondary N) is 1. The number of carboxylic acids is 1. The molecule has 0 aliphatic carbocycles. The van der Waals surface area contributed by atoms with Crippen molar-refractivity contribution in [3.8, 4) is 0 Å². The maximum Gasteiger partial charge on any atom is 0.305 e. The van der Waals surface area contributed by atoms with Gasteiger partial charge in [-0.05, 0) is 18.6 Å². The standard InChI is InChI=1S/C20H20FN3O5/c1-2-20(19(28)23-15(8-18(26)27)17(25)10-21)9-16(24-29-20)13-7-12-5-3-4-6-14(12)22-11-13/h3-7,11,15H,2,8-10H2,1H3,(H,23,28)(H,26,27)/t15-,20?/m0/s1. The van der Waals surface area contributed by atoms with Crippen molar-refractivity contribution in [3.63, 3.8) is 0 Å². The number of halogens is 1. The molecule has 1 aromatic carbocycles. The molecule has 2 N–H and O–H groups in total. The Hall–Kier alpha value is -3.36.